The number of nitrogens with one attached hydrogen (secondary N) is 1. The molecule has 0 bridgehead atoms. The highest BCUT2D eigenvalue weighted by atomic mass is 32.1. The van der Waals surface area contributed by atoms with Crippen LogP contribution < -0.4 is 5.32 Å². The number of rotatable bonds is 2. The van der Waals surface area contributed by atoms with Gasteiger partial charge < -0.3 is 15.0 Å². The molecule has 1 aliphatic rings. The minimum atomic E-state index is -0.522. The van der Waals surface area contributed by atoms with Gasteiger partial charge in [-0.25, -0.2) is 9.78 Å². The van der Waals surface area contributed by atoms with E-state index in [2.05, 4.69) is 14.7 Å². The first kappa shape index (κ1) is 17.6. The molecule has 1 saturated heterocycles. The Morgan fingerprint density at radius 2 is 2.16 bits per heavy atom. The van der Waals surface area contributed by atoms with Gasteiger partial charge in [0.2, 0.25) is 0 Å². The van der Waals surface area contributed by atoms with Crippen molar-refractivity contribution >= 4 is 33.7 Å². The Kier molecular flexibility index (Phi) is 4.64. The summed E-state index contributed by atoms with van der Waals surface area (Å²) in [7, 11) is 0. The van der Waals surface area contributed by atoms with Crippen LogP contribution in [0.15, 0.2) is 12.3 Å². The number of fused-ring (bicyclic) bond motifs is 1. The van der Waals surface area contributed by atoms with Crippen LogP contribution in [0.25, 0.3) is 10.2 Å². The fourth-order valence-corrected chi connectivity index (χ4v) is 3.43. The summed E-state index contributed by atoms with van der Waals surface area (Å²) in [4.78, 5) is 31.3. The van der Waals surface area contributed by atoms with Crippen LogP contribution in [0.2, 0.25) is 0 Å². The van der Waals surface area contributed by atoms with Crippen molar-refractivity contribution < 1.29 is 14.3 Å². The van der Waals surface area contributed by atoms with Crippen molar-refractivity contribution in [2.75, 3.05) is 13.1 Å². The van der Waals surface area contributed by atoms with E-state index >= 15 is 0 Å². The second kappa shape index (κ2) is 6.59. The molecular weight excluding hydrogens is 340 g/mol. The molecule has 8 heteroatoms. The number of aryl methyl sites for hydroxylation is 1. The molecule has 2 aromatic rings. The first-order valence-corrected chi connectivity index (χ1v) is 9.01. The number of nitrogens with zero attached hydrogens (tertiary/aromatic N) is 3. The Morgan fingerprint density at radius 3 is 2.88 bits per heavy atom. The first-order chi connectivity index (χ1) is 11.7. The number of likely N-dealkylation sites (tertiary alicyclic amines) is 1. The molecule has 1 aliphatic heterocycles. The van der Waals surface area contributed by atoms with Crippen LogP contribution in [0.3, 0.4) is 0 Å². The maximum atomic E-state index is 12.5. The van der Waals surface area contributed by atoms with Gasteiger partial charge in [-0.3, -0.25) is 4.79 Å². The number of amides is 2. The van der Waals surface area contributed by atoms with E-state index in [4.69, 9.17) is 4.74 Å². The van der Waals surface area contributed by atoms with Gasteiger partial charge in [0.05, 0.1) is 11.3 Å². The predicted molar refractivity (Wildman–Crippen MR) is 95.8 cm³/mol. The number of carbonyl (C=O) groups excluding carboxylic acids is 2. The van der Waals surface area contributed by atoms with Crippen molar-refractivity contribution in [3.8, 4) is 0 Å². The first-order valence-electron chi connectivity index (χ1n) is 8.24. The lowest BCUT2D eigenvalue weighted by molar-refractivity contribution is 0.0290. The highest BCUT2D eigenvalue weighted by Crippen LogP contribution is 2.21. The van der Waals surface area contributed by atoms with Gasteiger partial charge in [0.1, 0.15) is 10.4 Å². The Hall–Kier alpha value is -2.22. The molecule has 0 aromatic carbocycles. The third kappa shape index (κ3) is 4.07. The van der Waals surface area contributed by atoms with Gasteiger partial charge in [0.15, 0.2) is 0 Å². The second-order valence-electron chi connectivity index (χ2n) is 7.23. The van der Waals surface area contributed by atoms with Crippen molar-refractivity contribution in [1.82, 2.24) is 19.6 Å². The Bertz CT molecular complexity index is 812. The highest BCUT2D eigenvalue weighted by molar-refractivity contribution is 7.12. The summed E-state index contributed by atoms with van der Waals surface area (Å²) in [5.74, 6) is -0.184. The summed E-state index contributed by atoms with van der Waals surface area (Å²) in [6.45, 7) is 8.44. The molecule has 1 fully saturated rings. The summed E-state index contributed by atoms with van der Waals surface area (Å²) in [6.07, 6.45) is 1.93. The molecule has 0 spiro atoms. The zero-order chi connectivity index (χ0) is 18.2. The van der Waals surface area contributed by atoms with E-state index in [1.165, 1.54) is 11.5 Å². The van der Waals surface area contributed by atoms with E-state index in [1.807, 2.05) is 33.8 Å². The van der Waals surface area contributed by atoms with Crippen molar-refractivity contribution in [1.29, 1.82) is 0 Å². The lowest BCUT2D eigenvalue weighted by Gasteiger charge is -2.24. The molecule has 134 valence electrons. The molecule has 2 amide bonds. The largest absolute Gasteiger partial charge is 0.444 e. The number of pyridine rings is 1. The van der Waals surface area contributed by atoms with Crippen LogP contribution in [-0.4, -0.2) is 51.0 Å². The third-order valence-corrected chi connectivity index (χ3v) is 4.81. The quantitative estimate of drug-likeness (QED) is 0.888. The number of carbonyl (C=O) groups is 2. The van der Waals surface area contributed by atoms with Gasteiger partial charge in [-0.05, 0) is 51.7 Å². The summed E-state index contributed by atoms with van der Waals surface area (Å²) >= 11 is 1.32. The molecule has 7 nitrogen and oxygen atoms in total. The van der Waals surface area contributed by atoms with Gasteiger partial charge >= 0.3 is 6.09 Å². The lowest BCUT2D eigenvalue weighted by Crippen LogP contribution is -2.40. The zero-order valence-corrected chi connectivity index (χ0v) is 15.6. The monoisotopic (exact) mass is 362 g/mol. The standard InChI is InChI=1S/C17H22N4O3S/c1-10-13-7-11(8-18-15(13)25-20-10)14(22)19-12-5-6-21(9-12)16(23)24-17(2,3)4/h7-8,12H,5-6,9H2,1-4H3,(H,19,22). The molecular formula is C17H22N4O3S. The van der Waals surface area contributed by atoms with E-state index in [0.29, 0.717) is 25.1 Å². The highest BCUT2D eigenvalue weighted by Gasteiger charge is 2.30. The van der Waals surface area contributed by atoms with Gasteiger partial charge in [-0.15, -0.1) is 0 Å². The number of ether oxygens (including phenoxy) is 1. The maximum absolute atomic E-state index is 12.5. The molecule has 1 N–H and O–H groups in total. The zero-order valence-electron chi connectivity index (χ0n) is 14.8. The third-order valence-electron chi connectivity index (χ3n) is 3.95. The predicted octanol–water partition coefficient (Wildman–Crippen LogP) is 2.74. The SMILES string of the molecule is Cc1nsc2ncc(C(=O)NC3CCN(C(=O)OC(C)(C)C)C3)cc12. The smallest absolute Gasteiger partial charge is 0.410 e. The van der Waals surface area contributed by atoms with Gasteiger partial charge in [-0.2, -0.15) is 4.37 Å². The Balaban J connectivity index is 1.61. The van der Waals surface area contributed by atoms with Crippen LogP contribution in [-0.2, 0) is 4.74 Å². The number of aromatic nitrogens is 2. The van der Waals surface area contributed by atoms with Crippen molar-refractivity contribution in [3.63, 3.8) is 0 Å². The van der Waals surface area contributed by atoms with E-state index in [9.17, 15) is 9.59 Å². The molecule has 3 heterocycles. The molecule has 1 unspecified atom stereocenters. The number of hydrogen-bond donors (Lipinski definition) is 1. The minimum Gasteiger partial charge on any atom is -0.444 e. The van der Waals surface area contributed by atoms with E-state index in [0.717, 1.165) is 15.9 Å². The van der Waals surface area contributed by atoms with Crippen LogP contribution in [0, 0.1) is 6.92 Å². The topological polar surface area (TPSA) is 84.4 Å². The van der Waals surface area contributed by atoms with Crippen LogP contribution >= 0.6 is 11.5 Å². The minimum absolute atomic E-state index is 0.0857. The summed E-state index contributed by atoms with van der Waals surface area (Å²) < 4.78 is 9.62. The van der Waals surface area contributed by atoms with Gasteiger partial charge in [0, 0.05) is 30.7 Å². The lowest BCUT2D eigenvalue weighted by atomic mass is 10.2. The summed E-state index contributed by atoms with van der Waals surface area (Å²) in [5.41, 5.74) is 0.858. The normalized spacial score (nSPS) is 17.8. The van der Waals surface area contributed by atoms with Crippen LogP contribution in [0.1, 0.15) is 43.2 Å². The molecule has 2 aromatic heterocycles. The average Bonchev–Trinajstić information content (AvgIpc) is 3.13. The maximum Gasteiger partial charge on any atom is 0.410 e. The van der Waals surface area contributed by atoms with Crippen molar-refractivity contribution in [2.45, 2.75) is 45.8 Å². The Labute approximate surface area is 150 Å². The fraction of sp³-hybridized carbons (Fsp3) is 0.529. The summed E-state index contributed by atoms with van der Waals surface area (Å²) in [5, 5.41) is 3.88. The van der Waals surface area contributed by atoms with E-state index < -0.39 is 5.60 Å². The average molecular weight is 362 g/mol. The molecule has 25 heavy (non-hydrogen) atoms. The van der Waals surface area contributed by atoms with E-state index in [-0.39, 0.29) is 18.0 Å². The van der Waals surface area contributed by atoms with E-state index in [1.54, 1.807) is 11.1 Å². The summed E-state index contributed by atoms with van der Waals surface area (Å²) in [6, 6.07) is 1.73. The molecule has 3 rings (SSSR count). The van der Waals surface area contributed by atoms with Gasteiger partial charge in [-0.1, -0.05) is 0 Å². The molecule has 0 radical (unpaired) electrons. The molecule has 0 saturated carbocycles. The van der Waals surface area contributed by atoms with Crippen LogP contribution in [0.4, 0.5) is 4.79 Å². The van der Waals surface area contributed by atoms with Crippen LogP contribution in [0.5, 0.6) is 0 Å². The Morgan fingerprint density at radius 1 is 1.40 bits per heavy atom. The molecule has 1 atom stereocenters. The van der Waals surface area contributed by atoms with Crippen molar-refractivity contribution in [2.24, 2.45) is 0 Å². The number of hydrogen-bond acceptors (Lipinski definition) is 6. The van der Waals surface area contributed by atoms with Crippen molar-refractivity contribution in [3.05, 3.63) is 23.5 Å². The van der Waals surface area contributed by atoms with Gasteiger partial charge in [0.25, 0.3) is 5.91 Å². The fourth-order valence-electron chi connectivity index (χ4n) is 2.71. The molecule has 0 aliphatic carbocycles. The second-order valence-corrected chi connectivity index (χ2v) is 7.98.